The Balaban J connectivity index is 1.85. The first-order valence-corrected chi connectivity index (χ1v) is 6.28. The first-order valence-electron chi connectivity index (χ1n) is 6.28. The van der Waals surface area contributed by atoms with Gasteiger partial charge in [-0.15, -0.1) is 6.58 Å². The Kier molecular flexibility index (Phi) is 6.77. The van der Waals surface area contributed by atoms with E-state index in [2.05, 4.69) is 11.9 Å². The van der Waals surface area contributed by atoms with Crippen molar-refractivity contribution in [3.63, 3.8) is 0 Å². The van der Waals surface area contributed by atoms with Crippen LogP contribution in [0.15, 0.2) is 12.7 Å². The summed E-state index contributed by atoms with van der Waals surface area (Å²) in [5.41, 5.74) is 0. The van der Waals surface area contributed by atoms with E-state index in [-0.39, 0.29) is 0 Å². The standard InChI is InChI=1S/C13H25N/c1-2-3-4-5-9-12-14-13-10-7-6-8-11-13/h2,13-14H,1,3-12H2. The molecular weight excluding hydrogens is 170 g/mol. The van der Waals surface area contributed by atoms with Crippen molar-refractivity contribution >= 4 is 0 Å². The van der Waals surface area contributed by atoms with Crippen LogP contribution >= 0.6 is 0 Å². The van der Waals surface area contributed by atoms with E-state index in [0.717, 1.165) is 6.04 Å². The molecule has 1 aliphatic carbocycles. The maximum Gasteiger partial charge on any atom is 0.00670 e. The molecule has 1 saturated carbocycles. The van der Waals surface area contributed by atoms with E-state index in [1.54, 1.807) is 0 Å². The van der Waals surface area contributed by atoms with Gasteiger partial charge in [-0.3, -0.25) is 0 Å². The lowest BCUT2D eigenvalue weighted by molar-refractivity contribution is 0.370. The Morgan fingerprint density at radius 3 is 2.57 bits per heavy atom. The third-order valence-corrected chi connectivity index (χ3v) is 3.12. The normalized spacial score (nSPS) is 18.3. The zero-order valence-electron chi connectivity index (χ0n) is 9.43. The average molecular weight is 195 g/mol. The molecule has 0 spiro atoms. The van der Waals surface area contributed by atoms with Crippen molar-refractivity contribution in [3.05, 3.63) is 12.7 Å². The van der Waals surface area contributed by atoms with Gasteiger partial charge >= 0.3 is 0 Å². The van der Waals surface area contributed by atoms with E-state index < -0.39 is 0 Å². The van der Waals surface area contributed by atoms with Gasteiger partial charge in [-0.05, 0) is 38.6 Å². The topological polar surface area (TPSA) is 12.0 Å². The van der Waals surface area contributed by atoms with Gasteiger partial charge in [-0.1, -0.05) is 31.8 Å². The lowest BCUT2D eigenvalue weighted by Crippen LogP contribution is -2.31. The van der Waals surface area contributed by atoms with Crippen molar-refractivity contribution < 1.29 is 0 Å². The lowest BCUT2D eigenvalue weighted by atomic mass is 9.95. The minimum absolute atomic E-state index is 0.836. The summed E-state index contributed by atoms with van der Waals surface area (Å²) >= 11 is 0. The number of unbranched alkanes of at least 4 members (excludes halogenated alkanes) is 3. The van der Waals surface area contributed by atoms with Gasteiger partial charge in [0.05, 0.1) is 0 Å². The van der Waals surface area contributed by atoms with Gasteiger partial charge in [-0.25, -0.2) is 0 Å². The van der Waals surface area contributed by atoms with Crippen molar-refractivity contribution in [2.75, 3.05) is 6.54 Å². The zero-order valence-corrected chi connectivity index (χ0v) is 9.43. The Bertz CT molecular complexity index is 136. The second-order valence-corrected chi connectivity index (χ2v) is 4.43. The Morgan fingerprint density at radius 2 is 1.86 bits per heavy atom. The first kappa shape index (κ1) is 11.8. The van der Waals surface area contributed by atoms with E-state index in [9.17, 15) is 0 Å². The first-order chi connectivity index (χ1) is 6.93. The van der Waals surface area contributed by atoms with Gasteiger partial charge in [0.1, 0.15) is 0 Å². The predicted molar refractivity (Wildman–Crippen MR) is 63.5 cm³/mol. The number of hydrogen-bond acceptors (Lipinski definition) is 1. The van der Waals surface area contributed by atoms with Gasteiger partial charge in [0.15, 0.2) is 0 Å². The highest BCUT2D eigenvalue weighted by molar-refractivity contribution is 4.71. The predicted octanol–water partition coefficient (Wildman–Crippen LogP) is 3.66. The maximum atomic E-state index is 3.74. The summed E-state index contributed by atoms with van der Waals surface area (Å²) in [7, 11) is 0. The number of allylic oxidation sites excluding steroid dienone is 1. The van der Waals surface area contributed by atoms with E-state index in [4.69, 9.17) is 0 Å². The molecule has 1 nitrogen and oxygen atoms in total. The minimum atomic E-state index is 0.836. The minimum Gasteiger partial charge on any atom is -0.314 e. The molecule has 0 radical (unpaired) electrons. The zero-order chi connectivity index (χ0) is 10.1. The molecule has 0 atom stereocenters. The van der Waals surface area contributed by atoms with Crippen LogP contribution in [0.25, 0.3) is 0 Å². The van der Waals surface area contributed by atoms with Crippen LogP contribution in [0.3, 0.4) is 0 Å². The van der Waals surface area contributed by atoms with Crippen LogP contribution < -0.4 is 5.32 Å². The van der Waals surface area contributed by atoms with Gasteiger partial charge in [0.25, 0.3) is 0 Å². The van der Waals surface area contributed by atoms with Gasteiger partial charge < -0.3 is 5.32 Å². The fraction of sp³-hybridized carbons (Fsp3) is 0.846. The molecule has 0 aromatic heterocycles. The van der Waals surface area contributed by atoms with Crippen molar-refractivity contribution in [1.82, 2.24) is 5.32 Å². The largest absolute Gasteiger partial charge is 0.314 e. The maximum absolute atomic E-state index is 3.74. The fourth-order valence-electron chi connectivity index (χ4n) is 2.20. The fourth-order valence-corrected chi connectivity index (χ4v) is 2.20. The van der Waals surface area contributed by atoms with E-state index in [1.165, 1.54) is 64.3 Å². The van der Waals surface area contributed by atoms with Crippen LogP contribution in [-0.2, 0) is 0 Å². The summed E-state index contributed by atoms with van der Waals surface area (Å²) in [5, 5.41) is 3.67. The smallest absolute Gasteiger partial charge is 0.00670 e. The molecule has 14 heavy (non-hydrogen) atoms. The highest BCUT2D eigenvalue weighted by Gasteiger charge is 2.11. The van der Waals surface area contributed by atoms with Crippen LogP contribution in [0.5, 0.6) is 0 Å². The van der Waals surface area contributed by atoms with Crippen LogP contribution in [0.1, 0.15) is 57.8 Å². The Labute approximate surface area is 89.0 Å². The van der Waals surface area contributed by atoms with Crippen LogP contribution in [0, 0.1) is 0 Å². The summed E-state index contributed by atoms with van der Waals surface area (Å²) in [5.74, 6) is 0. The molecule has 1 aliphatic rings. The number of nitrogens with one attached hydrogen (secondary N) is 1. The summed E-state index contributed by atoms with van der Waals surface area (Å²) in [6, 6.07) is 0.836. The summed E-state index contributed by atoms with van der Waals surface area (Å²) in [6.07, 6.45) is 14.4. The molecule has 1 rings (SSSR count). The number of rotatable bonds is 7. The Hall–Kier alpha value is -0.300. The third kappa shape index (κ3) is 5.43. The van der Waals surface area contributed by atoms with Crippen LogP contribution in [0.4, 0.5) is 0 Å². The molecule has 0 unspecified atom stereocenters. The third-order valence-electron chi connectivity index (χ3n) is 3.12. The van der Waals surface area contributed by atoms with E-state index in [1.807, 2.05) is 6.08 Å². The number of hydrogen-bond donors (Lipinski definition) is 1. The highest BCUT2D eigenvalue weighted by Crippen LogP contribution is 2.17. The lowest BCUT2D eigenvalue weighted by Gasteiger charge is -2.22. The molecule has 1 fully saturated rings. The molecule has 1 heteroatoms. The van der Waals surface area contributed by atoms with Crippen LogP contribution in [0.2, 0.25) is 0 Å². The van der Waals surface area contributed by atoms with E-state index >= 15 is 0 Å². The molecule has 0 aliphatic heterocycles. The van der Waals surface area contributed by atoms with E-state index in [0.29, 0.717) is 0 Å². The van der Waals surface area contributed by atoms with Crippen molar-refractivity contribution in [3.8, 4) is 0 Å². The van der Waals surface area contributed by atoms with Crippen molar-refractivity contribution in [2.24, 2.45) is 0 Å². The van der Waals surface area contributed by atoms with Gasteiger partial charge in [0, 0.05) is 6.04 Å². The Morgan fingerprint density at radius 1 is 1.07 bits per heavy atom. The molecular formula is C13H25N. The summed E-state index contributed by atoms with van der Waals surface area (Å²) < 4.78 is 0. The van der Waals surface area contributed by atoms with Crippen molar-refractivity contribution in [1.29, 1.82) is 0 Å². The molecule has 0 bridgehead atoms. The van der Waals surface area contributed by atoms with Crippen LogP contribution in [-0.4, -0.2) is 12.6 Å². The van der Waals surface area contributed by atoms with Gasteiger partial charge in [0.2, 0.25) is 0 Å². The van der Waals surface area contributed by atoms with Crippen molar-refractivity contribution in [2.45, 2.75) is 63.8 Å². The highest BCUT2D eigenvalue weighted by atomic mass is 14.9. The second-order valence-electron chi connectivity index (χ2n) is 4.43. The SMILES string of the molecule is C=CCCCCCNC1CCCCC1. The van der Waals surface area contributed by atoms with Gasteiger partial charge in [-0.2, -0.15) is 0 Å². The molecule has 1 N–H and O–H groups in total. The molecule has 0 aromatic rings. The second kappa shape index (κ2) is 8.05. The molecule has 0 amide bonds. The molecule has 0 saturated heterocycles. The monoisotopic (exact) mass is 195 g/mol. The quantitative estimate of drug-likeness (QED) is 0.483. The molecule has 82 valence electrons. The molecule has 0 heterocycles. The molecule has 0 aromatic carbocycles. The average Bonchev–Trinajstić information content (AvgIpc) is 2.25. The summed E-state index contributed by atoms with van der Waals surface area (Å²) in [4.78, 5) is 0. The summed E-state index contributed by atoms with van der Waals surface area (Å²) in [6.45, 7) is 4.96.